The molecule has 0 radical (unpaired) electrons. The Morgan fingerprint density at radius 2 is 1.91 bits per heavy atom. The van der Waals surface area contributed by atoms with Crippen molar-refractivity contribution in [2.75, 3.05) is 0 Å². The third kappa shape index (κ3) is 3.35. The Bertz CT molecular complexity index is 768. The molecule has 0 atom stereocenters. The van der Waals surface area contributed by atoms with E-state index in [9.17, 15) is 4.79 Å². The number of esters is 1. The lowest BCUT2D eigenvalue weighted by Gasteiger charge is -2.04. The summed E-state index contributed by atoms with van der Waals surface area (Å²) < 4.78 is 5.37. The van der Waals surface area contributed by atoms with Crippen LogP contribution in [0.4, 0.5) is 0 Å². The van der Waals surface area contributed by atoms with E-state index in [2.05, 4.69) is 6.58 Å². The van der Waals surface area contributed by atoms with E-state index in [0.717, 1.165) is 16.0 Å². The van der Waals surface area contributed by atoms with Crippen LogP contribution in [0, 0.1) is 0 Å². The Kier molecular flexibility index (Phi) is 4.51. The lowest BCUT2D eigenvalue weighted by Crippen LogP contribution is -2.02. The average molecular weight is 326 g/mol. The number of carbonyl (C=O) groups excluding carboxylic acids is 1. The van der Waals surface area contributed by atoms with E-state index in [-0.39, 0.29) is 12.6 Å². The van der Waals surface area contributed by atoms with Crippen LogP contribution in [0.15, 0.2) is 60.5 Å². The summed E-state index contributed by atoms with van der Waals surface area (Å²) in [6, 6.07) is 15.6. The Labute approximate surface area is 137 Å². The van der Waals surface area contributed by atoms with Gasteiger partial charge in [-0.25, -0.2) is 4.79 Å². The zero-order chi connectivity index (χ0) is 15.4. The fraction of sp³-hybridized carbons (Fsp3) is 0.0556. The minimum absolute atomic E-state index is 0.277. The van der Waals surface area contributed by atoms with Crippen LogP contribution in [0.1, 0.15) is 20.8 Å². The van der Waals surface area contributed by atoms with Gasteiger partial charge in [-0.2, -0.15) is 0 Å². The van der Waals surface area contributed by atoms with Gasteiger partial charge in [-0.3, -0.25) is 0 Å². The molecule has 0 aliphatic heterocycles. The van der Waals surface area contributed by atoms with Crippen molar-refractivity contribution in [3.63, 3.8) is 0 Å². The van der Waals surface area contributed by atoms with E-state index in [1.54, 1.807) is 17.4 Å². The molecule has 2 heterocycles. The number of thiophene rings is 2. The molecule has 0 saturated carbocycles. The molecule has 0 aliphatic rings. The second-order valence-electron chi connectivity index (χ2n) is 4.66. The molecule has 110 valence electrons. The van der Waals surface area contributed by atoms with Crippen molar-refractivity contribution >= 4 is 34.7 Å². The van der Waals surface area contributed by atoms with Crippen LogP contribution in [0.25, 0.3) is 15.8 Å². The molecule has 4 heteroatoms. The van der Waals surface area contributed by atoms with Gasteiger partial charge < -0.3 is 4.74 Å². The van der Waals surface area contributed by atoms with Gasteiger partial charge in [-0.05, 0) is 34.7 Å². The largest absolute Gasteiger partial charge is 0.457 e. The molecular formula is C18H14O2S2. The highest BCUT2D eigenvalue weighted by Crippen LogP contribution is 2.31. The summed E-state index contributed by atoms with van der Waals surface area (Å²) in [5, 5.41) is 2.03. The van der Waals surface area contributed by atoms with Crippen molar-refractivity contribution in [1.82, 2.24) is 0 Å². The van der Waals surface area contributed by atoms with Crippen molar-refractivity contribution in [1.29, 1.82) is 0 Å². The van der Waals surface area contributed by atoms with Crippen molar-refractivity contribution in [2.24, 2.45) is 0 Å². The molecule has 0 bridgehead atoms. The minimum atomic E-state index is -0.277. The van der Waals surface area contributed by atoms with Crippen LogP contribution in [-0.4, -0.2) is 5.97 Å². The SMILES string of the molecule is C=Cc1ccc(COC(=O)c2ccc(-c3cccs3)s2)cc1. The van der Waals surface area contributed by atoms with Gasteiger partial charge in [0.15, 0.2) is 0 Å². The molecule has 3 aromatic rings. The zero-order valence-electron chi connectivity index (χ0n) is 11.8. The van der Waals surface area contributed by atoms with E-state index < -0.39 is 0 Å². The minimum Gasteiger partial charge on any atom is -0.457 e. The topological polar surface area (TPSA) is 26.3 Å². The van der Waals surface area contributed by atoms with Gasteiger partial charge in [0.05, 0.1) is 0 Å². The van der Waals surface area contributed by atoms with E-state index >= 15 is 0 Å². The number of carbonyl (C=O) groups is 1. The van der Waals surface area contributed by atoms with Crippen LogP contribution in [-0.2, 0) is 11.3 Å². The van der Waals surface area contributed by atoms with Crippen LogP contribution < -0.4 is 0 Å². The van der Waals surface area contributed by atoms with Crippen LogP contribution in [0.2, 0.25) is 0 Å². The summed E-state index contributed by atoms with van der Waals surface area (Å²) in [6.07, 6.45) is 1.79. The Balaban J connectivity index is 1.63. The van der Waals surface area contributed by atoms with Crippen molar-refractivity contribution in [3.8, 4) is 9.75 Å². The highest BCUT2D eigenvalue weighted by atomic mass is 32.1. The lowest BCUT2D eigenvalue weighted by atomic mass is 10.1. The monoisotopic (exact) mass is 326 g/mol. The first kappa shape index (κ1) is 14.8. The normalized spacial score (nSPS) is 10.4. The highest BCUT2D eigenvalue weighted by Gasteiger charge is 2.12. The third-order valence-electron chi connectivity index (χ3n) is 3.16. The summed E-state index contributed by atoms with van der Waals surface area (Å²) >= 11 is 3.13. The quantitative estimate of drug-likeness (QED) is 0.581. The number of rotatable bonds is 5. The van der Waals surface area contributed by atoms with Crippen LogP contribution in [0.5, 0.6) is 0 Å². The maximum Gasteiger partial charge on any atom is 0.348 e. The van der Waals surface area contributed by atoms with Crippen molar-refractivity contribution in [2.45, 2.75) is 6.61 Å². The summed E-state index contributed by atoms with van der Waals surface area (Å²) in [6.45, 7) is 3.99. The molecule has 2 nitrogen and oxygen atoms in total. The highest BCUT2D eigenvalue weighted by molar-refractivity contribution is 7.22. The van der Waals surface area contributed by atoms with Crippen molar-refractivity contribution < 1.29 is 9.53 Å². The first-order valence-corrected chi connectivity index (χ1v) is 8.48. The molecule has 0 saturated heterocycles. The number of ether oxygens (including phenoxy) is 1. The predicted molar refractivity (Wildman–Crippen MR) is 93.3 cm³/mol. The van der Waals surface area contributed by atoms with E-state index in [1.165, 1.54) is 16.2 Å². The average Bonchev–Trinajstić information content (AvgIpc) is 3.23. The van der Waals surface area contributed by atoms with Gasteiger partial charge in [-0.1, -0.05) is 43.0 Å². The van der Waals surface area contributed by atoms with E-state index in [4.69, 9.17) is 4.74 Å². The molecule has 0 unspecified atom stereocenters. The second-order valence-corrected chi connectivity index (χ2v) is 6.69. The van der Waals surface area contributed by atoms with Gasteiger partial charge in [0, 0.05) is 9.75 Å². The Morgan fingerprint density at radius 3 is 2.59 bits per heavy atom. The predicted octanol–water partition coefficient (Wildman–Crippen LogP) is 5.48. The van der Waals surface area contributed by atoms with Gasteiger partial charge in [0.1, 0.15) is 11.5 Å². The fourth-order valence-electron chi connectivity index (χ4n) is 1.97. The number of benzene rings is 1. The maximum absolute atomic E-state index is 12.1. The first-order valence-electron chi connectivity index (χ1n) is 6.78. The maximum atomic E-state index is 12.1. The summed E-state index contributed by atoms with van der Waals surface area (Å²) in [5.41, 5.74) is 2.02. The first-order chi connectivity index (χ1) is 10.8. The molecule has 3 rings (SSSR count). The van der Waals surface area contributed by atoms with Gasteiger partial charge in [-0.15, -0.1) is 22.7 Å². The smallest absolute Gasteiger partial charge is 0.348 e. The summed E-state index contributed by atoms with van der Waals surface area (Å²) in [5.74, 6) is -0.277. The molecule has 1 aromatic carbocycles. The molecule has 0 aliphatic carbocycles. The van der Waals surface area contributed by atoms with Gasteiger partial charge >= 0.3 is 5.97 Å². The number of hydrogen-bond acceptors (Lipinski definition) is 4. The molecule has 2 aromatic heterocycles. The fourth-order valence-corrected chi connectivity index (χ4v) is 3.70. The molecule has 0 N–H and O–H groups in total. The Morgan fingerprint density at radius 1 is 1.09 bits per heavy atom. The Hall–Kier alpha value is -2.17. The molecule has 0 fully saturated rings. The number of hydrogen-bond donors (Lipinski definition) is 0. The van der Waals surface area contributed by atoms with Crippen LogP contribution in [0.3, 0.4) is 0 Å². The molecule has 0 spiro atoms. The third-order valence-corrected chi connectivity index (χ3v) is 5.29. The van der Waals surface area contributed by atoms with Gasteiger partial charge in [0.2, 0.25) is 0 Å². The molecule has 0 amide bonds. The summed E-state index contributed by atoms with van der Waals surface area (Å²) in [7, 11) is 0. The van der Waals surface area contributed by atoms with Crippen LogP contribution >= 0.6 is 22.7 Å². The van der Waals surface area contributed by atoms with E-state index in [1.807, 2.05) is 53.9 Å². The van der Waals surface area contributed by atoms with Crippen molar-refractivity contribution in [3.05, 3.63) is 76.5 Å². The van der Waals surface area contributed by atoms with Gasteiger partial charge in [0.25, 0.3) is 0 Å². The molecular weight excluding hydrogens is 312 g/mol. The zero-order valence-corrected chi connectivity index (χ0v) is 13.5. The van der Waals surface area contributed by atoms with E-state index in [0.29, 0.717) is 4.88 Å². The summed E-state index contributed by atoms with van der Waals surface area (Å²) in [4.78, 5) is 15.0. The lowest BCUT2D eigenvalue weighted by molar-refractivity contribution is 0.0478. The second kappa shape index (κ2) is 6.73. The standard InChI is InChI=1S/C18H14O2S2/c1-2-13-5-7-14(8-6-13)12-20-18(19)17-10-9-16(22-17)15-4-3-11-21-15/h2-11H,1,12H2. The molecule has 22 heavy (non-hydrogen) atoms.